The highest BCUT2D eigenvalue weighted by molar-refractivity contribution is 5.30. The fraction of sp³-hybridized carbons (Fsp3) is 0.600. The summed E-state index contributed by atoms with van der Waals surface area (Å²) in [6, 6.07) is 2.20. The van der Waals surface area contributed by atoms with Crippen LogP contribution in [0, 0.1) is 11.3 Å². The summed E-state index contributed by atoms with van der Waals surface area (Å²) in [4.78, 5) is 4.30. The van der Waals surface area contributed by atoms with E-state index in [1.54, 1.807) is 10.9 Å². The average Bonchev–Trinajstić information content (AvgIpc) is 2.61. The fourth-order valence-corrected chi connectivity index (χ4v) is 1.85. The summed E-state index contributed by atoms with van der Waals surface area (Å²) in [5.41, 5.74) is 1.63. The zero-order valence-electron chi connectivity index (χ0n) is 8.23. The maximum absolute atomic E-state index is 8.98. The van der Waals surface area contributed by atoms with Crippen molar-refractivity contribution in [1.29, 1.82) is 5.26 Å². The SMILES string of the molecule is Cn1cnc(C2CCOCC2)c1C#N. The summed E-state index contributed by atoms with van der Waals surface area (Å²) in [6.07, 6.45) is 3.67. The first-order chi connectivity index (χ1) is 6.83. The first kappa shape index (κ1) is 9.22. The Bertz CT molecular complexity index is 358. The van der Waals surface area contributed by atoms with Crippen molar-refractivity contribution in [2.75, 3.05) is 13.2 Å². The normalized spacial score (nSPS) is 18.0. The second-order valence-corrected chi connectivity index (χ2v) is 3.59. The monoisotopic (exact) mass is 191 g/mol. The number of imidazole rings is 1. The van der Waals surface area contributed by atoms with Crippen LogP contribution in [0.2, 0.25) is 0 Å². The van der Waals surface area contributed by atoms with Gasteiger partial charge in [0.15, 0.2) is 0 Å². The molecule has 1 saturated heterocycles. The smallest absolute Gasteiger partial charge is 0.143 e. The Labute approximate surface area is 83.1 Å². The van der Waals surface area contributed by atoms with Gasteiger partial charge in [0.2, 0.25) is 0 Å². The molecule has 14 heavy (non-hydrogen) atoms. The average molecular weight is 191 g/mol. The van der Waals surface area contributed by atoms with Crippen molar-refractivity contribution in [2.24, 2.45) is 7.05 Å². The van der Waals surface area contributed by atoms with E-state index in [1.807, 2.05) is 7.05 Å². The number of aromatic nitrogens is 2. The van der Waals surface area contributed by atoms with Crippen LogP contribution in [0.3, 0.4) is 0 Å². The lowest BCUT2D eigenvalue weighted by atomic mass is 9.95. The maximum Gasteiger partial charge on any atom is 0.143 e. The molecule has 0 atom stereocenters. The molecular formula is C10H13N3O. The highest BCUT2D eigenvalue weighted by Gasteiger charge is 2.21. The van der Waals surface area contributed by atoms with Gasteiger partial charge in [-0.3, -0.25) is 0 Å². The Morgan fingerprint density at radius 1 is 1.57 bits per heavy atom. The highest BCUT2D eigenvalue weighted by Crippen LogP contribution is 2.27. The standard InChI is InChI=1S/C10H13N3O/c1-13-7-12-10(9(13)6-11)8-2-4-14-5-3-8/h7-8H,2-5H2,1H3. The number of hydrogen-bond acceptors (Lipinski definition) is 3. The molecule has 1 aliphatic rings. The molecule has 0 N–H and O–H groups in total. The van der Waals surface area contributed by atoms with Crippen molar-refractivity contribution in [3.63, 3.8) is 0 Å². The summed E-state index contributed by atoms with van der Waals surface area (Å²) < 4.78 is 7.07. The van der Waals surface area contributed by atoms with Crippen molar-refractivity contribution in [3.05, 3.63) is 17.7 Å². The van der Waals surface area contributed by atoms with Crippen LogP contribution < -0.4 is 0 Å². The Morgan fingerprint density at radius 3 is 2.93 bits per heavy atom. The van der Waals surface area contributed by atoms with Crippen LogP contribution in [0.15, 0.2) is 6.33 Å². The number of hydrogen-bond donors (Lipinski definition) is 0. The summed E-state index contributed by atoms with van der Waals surface area (Å²) in [5.74, 6) is 0.402. The van der Waals surface area contributed by atoms with Gasteiger partial charge in [0.05, 0.1) is 12.0 Å². The molecule has 1 aliphatic heterocycles. The molecule has 2 rings (SSSR count). The van der Waals surface area contributed by atoms with Gasteiger partial charge in [-0.05, 0) is 12.8 Å². The maximum atomic E-state index is 8.98. The van der Waals surface area contributed by atoms with Crippen LogP contribution in [-0.2, 0) is 11.8 Å². The van der Waals surface area contributed by atoms with E-state index in [1.165, 1.54) is 0 Å². The lowest BCUT2D eigenvalue weighted by Gasteiger charge is -2.20. The number of nitrogens with zero attached hydrogens (tertiary/aromatic N) is 3. The van der Waals surface area contributed by atoms with Crippen molar-refractivity contribution in [1.82, 2.24) is 9.55 Å². The molecule has 0 unspecified atom stereocenters. The van der Waals surface area contributed by atoms with Crippen LogP contribution in [0.25, 0.3) is 0 Å². The third kappa shape index (κ3) is 1.51. The summed E-state index contributed by atoms with van der Waals surface area (Å²) in [5, 5.41) is 8.98. The molecule has 0 radical (unpaired) electrons. The van der Waals surface area contributed by atoms with E-state index in [-0.39, 0.29) is 0 Å². The molecule has 0 aromatic carbocycles. The van der Waals surface area contributed by atoms with Crippen molar-refractivity contribution >= 4 is 0 Å². The van der Waals surface area contributed by atoms with Gasteiger partial charge in [0.25, 0.3) is 0 Å². The first-order valence-corrected chi connectivity index (χ1v) is 4.82. The van der Waals surface area contributed by atoms with Crippen molar-refractivity contribution in [2.45, 2.75) is 18.8 Å². The Balaban J connectivity index is 2.26. The van der Waals surface area contributed by atoms with E-state index >= 15 is 0 Å². The van der Waals surface area contributed by atoms with Crippen molar-refractivity contribution in [3.8, 4) is 6.07 Å². The van der Waals surface area contributed by atoms with Crippen molar-refractivity contribution < 1.29 is 4.74 Å². The van der Waals surface area contributed by atoms with Crippen LogP contribution in [-0.4, -0.2) is 22.8 Å². The van der Waals surface area contributed by atoms with E-state index < -0.39 is 0 Å². The van der Waals surface area contributed by atoms with Crippen LogP contribution in [0.1, 0.15) is 30.1 Å². The van der Waals surface area contributed by atoms with Gasteiger partial charge in [-0.1, -0.05) is 0 Å². The summed E-state index contributed by atoms with van der Waals surface area (Å²) >= 11 is 0. The molecule has 2 heterocycles. The van der Waals surface area contributed by atoms with Crippen LogP contribution in [0.4, 0.5) is 0 Å². The summed E-state index contributed by atoms with van der Waals surface area (Å²) in [6.45, 7) is 1.57. The molecule has 4 nitrogen and oxygen atoms in total. The Morgan fingerprint density at radius 2 is 2.29 bits per heavy atom. The van der Waals surface area contributed by atoms with Gasteiger partial charge >= 0.3 is 0 Å². The van der Waals surface area contributed by atoms with Gasteiger partial charge in [-0.2, -0.15) is 5.26 Å². The number of rotatable bonds is 1. The minimum Gasteiger partial charge on any atom is -0.381 e. The second-order valence-electron chi connectivity index (χ2n) is 3.59. The number of aryl methyl sites for hydroxylation is 1. The van der Waals surface area contributed by atoms with Gasteiger partial charge in [0, 0.05) is 26.2 Å². The topological polar surface area (TPSA) is 50.8 Å². The van der Waals surface area contributed by atoms with E-state index in [0.29, 0.717) is 11.6 Å². The van der Waals surface area contributed by atoms with Gasteiger partial charge in [-0.15, -0.1) is 0 Å². The Kier molecular flexibility index (Phi) is 2.51. The minimum absolute atomic E-state index is 0.402. The second kappa shape index (κ2) is 3.81. The van der Waals surface area contributed by atoms with Crippen LogP contribution >= 0.6 is 0 Å². The number of ether oxygens (including phenoxy) is 1. The third-order valence-corrected chi connectivity index (χ3v) is 2.68. The molecule has 1 aromatic heterocycles. The highest BCUT2D eigenvalue weighted by atomic mass is 16.5. The number of nitriles is 1. The van der Waals surface area contributed by atoms with Gasteiger partial charge in [-0.25, -0.2) is 4.98 Å². The van der Waals surface area contributed by atoms with E-state index in [2.05, 4.69) is 11.1 Å². The zero-order valence-corrected chi connectivity index (χ0v) is 8.23. The molecule has 0 spiro atoms. The molecule has 0 bridgehead atoms. The Hall–Kier alpha value is -1.34. The van der Waals surface area contributed by atoms with E-state index in [4.69, 9.17) is 10.00 Å². The predicted octanol–water partition coefficient (Wildman–Crippen LogP) is 1.19. The fourth-order valence-electron chi connectivity index (χ4n) is 1.85. The molecule has 4 heteroatoms. The molecule has 1 aromatic rings. The van der Waals surface area contributed by atoms with Gasteiger partial charge in [0.1, 0.15) is 11.8 Å². The lowest BCUT2D eigenvalue weighted by molar-refractivity contribution is 0.0845. The molecule has 0 aliphatic carbocycles. The predicted molar refractivity (Wildman–Crippen MR) is 50.7 cm³/mol. The van der Waals surface area contributed by atoms with Crippen LogP contribution in [0.5, 0.6) is 0 Å². The largest absolute Gasteiger partial charge is 0.381 e. The van der Waals surface area contributed by atoms with Gasteiger partial charge < -0.3 is 9.30 Å². The lowest BCUT2D eigenvalue weighted by Crippen LogP contribution is -2.15. The zero-order chi connectivity index (χ0) is 9.97. The molecule has 0 amide bonds. The van der Waals surface area contributed by atoms with E-state index in [0.717, 1.165) is 31.7 Å². The summed E-state index contributed by atoms with van der Waals surface area (Å²) in [7, 11) is 1.86. The first-order valence-electron chi connectivity index (χ1n) is 4.82. The molecule has 1 fully saturated rings. The molecule has 74 valence electrons. The molecule has 0 saturated carbocycles. The molecular weight excluding hydrogens is 178 g/mol. The third-order valence-electron chi connectivity index (χ3n) is 2.68. The quantitative estimate of drug-likeness (QED) is 0.669. The minimum atomic E-state index is 0.402. The van der Waals surface area contributed by atoms with E-state index in [9.17, 15) is 0 Å².